The average molecular weight is 660 g/mol. The normalized spacial score (nSPS) is 11.6. The lowest BCUT2D eigenvalue weighted by Gasteiger charge is -2.19. The Morgan fingerprint density at radius 3 is 2.12 bits per heavy atom. The van der Waals surface area contributed by atoms with Crippen molar-refractivity contribution in [2.75, 3.05) is 17.7 Å². The van der Waals surface area contributed by atoms with Crippen LogP contribution >= 0.6 is 11.8 Å². The molecule has 1 unspecified atom stereocenters. The highest BCUT2D eigenvalue weighted by Crippen LogP contribution is 2.37. The summed E-state index contributed by atoms with van der Waals surface area (Å²) in [6.07, 6.45) is 1.45. The maximum absolute atomic E-state index is 13.7. The maximum atomic E-state index is 13.7. The molecule has 0 spiro atoms. The van der Waals surface area contributed by atoms with Crippen molar-refractivity contribution in [2.45, 2.75) is 10.1 Å². The molecule has 0 heterocycles. The van der Waals surface area contributed by atoms with Crippen LogP contribution in [0.3, 0.4) is 0 Å². The van der Waals surface area contributed by atoms with Gasteiger partial charge in [0.05, 0.1) is 18.4 Å². The zero-order valence-electron chi connectivity index (χ0n) is 25.7. The zero-order valence-corrected chi connectivity index (χ0v) is 26.5. The van der Waals surface area contributed by atoms with Crippen molar-refractivity contribution in [1.29, 1.82) is 0 Å². The predicted octanol–water partition coefficient (Wildman–Crippen LogP) is 7.49. The number of halogens is 1. The van der Waals surface area contributed by atoms with Crippen LogP contribution in [0.5, 0.6) is 0 Å². The Balaban J connectivity index is 1.38. The van der Waals surface area contributed by atoms with Crippen LogP contribution in [0.15, 0.2) is 144 Å². The van der Waals surface area contributed by atoms with Crippen molar-refractivity contribution < 1.29 is 28.3 Å². The number of anilines is 2. The molecule has 0 aliphatic carbocycles. The number of carbonyl (C=O) groups is 4. The molecule has 5 rings (SSSR count). The maximum Gasteiger partial charge on any atom is 0.339 e. The summed E-state index contributed by atoms with van der Waals surface area (Å²) in [4.78, 5) is 53.2. The highest BCUT2D eigenvalue weighted by Gasteiger charge is 2.24. The van der Waals surface area contributed by atoms with Gasteiger partial charge in [-0.15, -0.1) is 11.8 Å². The second-order valence-corrected chi connectivity index (χ2v) is 11.5. The summed E-state index contributed by atoms with van der Waals surface area (Å²) < 4.78 is 18.4. The van der Waals surface area contributed by atoms with Gasteiger partial charge in [-0.2, -0.15) is 0 Å². The van der Waals surface area contributed by atoms with Gasteiger partial charge in [0.1, 0.15) is 16.8 Å². The number of thioether (sulfide) groups is 1. The van der Waals surface area contributed by atoms with E-state index in [2.05, 4.69) is 16.0 Å². The van der Waals surface area contributed by atoms with Crippen molar-refractivity contribution in [2.24, 2.45) is 0 Å². The molecule has 3 N–H and O–H groups in total. The summed E-state index contributed by atoms with van der Waals surface area (Å²) in [6.45, 7) is 0. The Labute approximate surface area is 281 Å². The molecule has 5 aromatic rings. The first-order valence-electron chi connectivity index (χ1n) is 14.8. The molecular weight excluding hydrogens is 629 g/mol. The molecule has 0 aromatic heterocycles. The average Bonchev–Trinajstić information content (AvgIpc) is 3.12. The van der Waals surface area contributed by atoms with E-state index in [1.165, 1.54) is 49.2 Å². The van der Waals surface area contributed by atoms with Crippen molar-refractivity contribution in [3.63, 3.8) is 0 Å². The van der Waals surface area contributed by atoms with Gasteiger partial charge in [-0.25, -0.2) is 9.18 Å². The Hall–Kier alpha value is -6.00. The van der Waals surface area contributed by atoms with Gasteiger partial charge in [0.2, 0.25) is 5.91 Å². The summed E-state index contributed by atoms with van der Waals surface area (Å²) in [6, 6.07) is 36.6. The van der Waals surface area contributed by atoms with Crippen molar-refractivity contribution in [1.82, 2.24) is 5.32 Å². The van der Waals surface area contributed by atoms with Crippen LogP contribution in [0.4, 0.5) is 15.8 Å². The molecule has 0 saturated heterocycles. The molecule has 10 heteroatoms. The standard InChI is InChI=1S/C38H30FN3O5S/c1-47-38(46)31-17-8-9-18-32(31)41-37(45)34(26-11-4-2-5-12-26)48-30-16-10-15-29(24-30)40-36(44)33(23-25-19-21-28(39)22-20-25)42-35(43)27-13-6-3-7-14-27/h2-24,34H,1H3,(H,40,44)(H,41,45)(H,42,43)/b33-23+. The molecule has 0 bridgehead atoms. The molecule has 3 amide bonds. The number of rotatable bonds is 11. The molecule has 0 saturated carbocycles. The van der Waals surface area contributed by atoms with Crippen LogP contribution in [0.1, 0.15) is 37.1 Å². The number of para-hydroxylation sites is 1. The Kier molecular flexibility index (Phi) is 11.1. The molecule has 1 atom stereocenters. The fraction of sp³-hybridized carbons (Fsp3) is 0.0526. The molecule has 48 heavy (non-hydrogen) atoms. The van der Waals surface area contributed by atoms with E-state index < -0.39 is 28.9 Å². The minimum absolute atomic E-state index is 0.0562. The number of nitrogens with one attached hydrogen (secondary N) is 3. The number of esters is 1. The van der Waals surface area contributed by atoms with Gasteiger partial charge in [0.15, 0.2) is 0 Å². The molecule has 0 fully saturated rings. The molecule has 8 nitrogen and oxygen atoms in total. The first-order chi connectivity index (χ1) is 23.3. The monoisotopic (exact) mass is 659 g/mol. The second-order valence-electron chi connectivity index (χ2n) is 10.3. The van der Waals surface area contributed by atoms with Gasteiger partial charge >= 0.3 is 5.97 Å². The minimum Gasteiger partial charge on any atom is -0.465 e. The number of benzene rings is 5. The lowest BCUT2D eigenvalue weighted by Crippen LogP contribution is -2.30. The summed E-state index contributed by atoms with van der Waals surface area (Å²) in [5.74, 6) is -2.48. The first kappa shape index (κ1) is 33.4. The predicted molar refractivity (Wildman–Crippen MR) is 185 cm³/mol. The van der Waals surface area contributed by atoms with Crippen LogP contribution in [0.2, 0.25) is 0 Å². The number of ether oxygens (including phenoxy) is 1. The highest BCUT2D eigenvalue weighted by molar-refractivity contribution is 8.00. The third-order valence-electron chi connectivity index (χ3n) is 6.99. The zero-order chi connectivity index (χ0) is 33.9. The molecule has 0 aliphatic rings. The number of hydrogen-bond donors (Lipinski definition) is 3. The van der Waals surface area contributed by atoms with E-state index in [9.17, 15) is 23.6 Å². The molecule has 5 aromatic carbocycles. The lowest BCUT2D eigenvalue weighted by atomic mass is 10.1. The van der Waals surface area contributed by atoms with Gasteiger partial charge in [-0.05, 0) is 71.8 Å². The van der Waals surface area contributed by atoms with Crippen molar-refractivity contribution in [3.8, 4) is 0 Å². The van der Waals surface area contributed by atoms with E-state index in [4.69, 9.17) is 4.74 Å². The Morgan fingerprint density at radius 1 is 0.750 bits per heavy atom. The van der Waals surface area contributed by atoms with Gasteiger partial charge in [0, 0.05) is 16.1 Å². The largest absolute Gasteiger partial charge is 0.465 e. The molecular formula is C38H30FN3O5S. The SMILES string of the molecule is COC(=O)c1ccccc1NC(=O)C(Sc1cccc(NC(=O)/C(=C\c2ccc(F)cc2)NC(=O)c2ccccc2)c1)c1ccccc1. The van der Waals surface area contributed by atoms with E-state index in [-0.39, 0.29) is 17.2 Å². The molecule has 240 valence electrons. The first-order valence-corrected chi connectivity index (χ1v) is 15.6. The summed E-state index contributed by atoms with van der Waals surface area (Å²) in [5.41, 5.74) is 2.47. The van der Waals surface area contributed by atoms with E-state index in [0.29, 0.717) is 27.4 Å². The molecule has 0 aliphatic heterocycles. The second kappa shape index (κ2) is 16.0. The smallest absolute Gasteiger partial charge is 0.339 e. The van der Waals surface area contributed by atoms with Crippen LogP contribution < -0.4 is 16.0 Å². The minimum atomic E-state index is -0.734. The number of carbonyl (C=O) groups excluding carboxylic acids is 4. The third kappa shape index (κ3) is 8.83. The highest BCUT2D eigenvalue weighted by atomic mass is 32.2. The van der Waals surface area contributed by atoms with Crippen molar-refractivity contribution in [3.05, 3.63) is 167 Å². The number of methoxy groups -OCH3 is 1. The quantitative estimate of drug-likeness (QED) is 0.0769. The van der Waals surface area contributed by atoms with Gasteiger partial charge in [0.25, 0.3) is 11.8 Å². The van der Waals surface area contributed by atoms with Gasteiger partial charge in [-0.3, -0.25) is 14.4 Å². The topological polar surface area (TPSA) is 114 Å². The summed E-state index contributed by atoms with van der Waals surface area (Å²) in [7, 11) is 1.27. The van der Waals surface area contributed by atoms with Crippen LogP contribution in [0, 0.1) is 5.82 Å². The summed E-state index contributed by atoms with van der Waals surface area (Å²) >= 11 is 1.25. The van der Waals surface area contributed by atoms with E-state index in [1.807, 2.05) is 30.3 Å². The Bertz CT molecular complexity index is 1950. The fourth-order valence-corrected chi connectivity index (χ4v) is 5.71. The van der Waals surface area contributed by atoms with Crippen LogP contribution in [-0.4, -0.2) is 30.8 Å². The lowest BCUT2D eigenvalue weighted by molar-refractivity contribution is -0.116. The summed E-state index contributed by atoms with van der Waals surface area (Å²) in [5, 5.41) is 7.61. The van der Waals surface area contributed by atoms with Gasteiger partial charge < -0.3 is 20.7 Å². The Morgan fingerprint density at radius 2 is 1.42 bits per heavy atom. The van der Waals surface area contributed by atoms with Gasteiger partial charge in [-0.1, -0.05) is 78.9 Å². The van der Waals surface area contributed by atoms with Crippen LogP contribution in [-0.2, 0) is 14.3 Å². The number of amides is 3. The van der Waals surface area contributed by atoms with E-state index in [0.717, 1.165) is 5.56 Å². The van der Waals surface area contributed by atoms with Crippen molar-refractivity contribution >= 4 is 52.9 Å². The fourth-order valence-electron chi connectivity index (χ4n) is 4.63. The van der Waals surface area contributed by atoms with E-state index in [1.54, 1.807) is 78.9 Å². The third-order valence-corrected chi connectivity index (χ3v) is 8.23. The number of hydrogen-bond acceptors (Lipinski definition) is 6. The van der Waals surface area contributed by atoms with Crippen LogP contribution in [0.25, 0.3) is 6.08 Å². The molecule has 0 radical (unpaired) electrons. The van der Waals surface area contributed by atoms with E-state index >= 15 is 0 Å².